The minimum Gasteiger partial charge on any atom is -0.325 e. The molecule has 0 radical (unpaired) electrons. The zero-order valence-corrected chi connectivity index (χ0v) is 14.9. The van der Waals surface area contributed by atoms with Gasteiger partial charge >= 0.3 is 0 Å². The number of amides is 1. The van der Waals surface area contributed by atoms with E-state index in [0.717, 1.165) is 28.8 Å². The van der Waals surface area contributed by atoms with E-state index in [4.69, 9.17) is 0 Å². The van der Waals surface area contributed by atoms with Gasteiger partial charge < -0.3 is 9.88 Å². The summed E-state index contributed by atoms with van der Waals surface area (Å²) in [5, 5.41) is 11.9. The van der Waals surface area contributed by atoms with E-state index < -0.39 is 0 Å². The molecule has 2 heterocycles. The Kier molecular flexibility index (Phi) is 5.45. The second-order valence-corrected chi connectivity index (χ2v) is 6.71. The lowest BCUT2D eigenvalue weighted by atomic mass is 10.2. The first-order valence-electron chi connectivity index (χ1n) is 8.05. The molecule has 25 heavy (non-hydrogen) atoms. The smallest absolute Gasteiger partial charge is 0.237 e. The number of hydrogen-bond donors (Lipinski definition) is 1. The molecule has 0 saturated carbocycles. The van der Waals surface area contributed by atoms with E-state index in [-0.39, 0.29) is 11.2 Å². The molecule has 3 aromatic rings. The number of para-hydroxylation sites is 1. The van der Waals surface area contributed by atoms with Crippen molar-refractivity contribution in [3.8, 4) is 11.4 Å². The summed E-state index contributed by atoms with van der Waals surface area (Å²) in [5.74, 6) is 0.718. The number of thioether (sulfide) groups is 1. The van der Waals surface area contributed by atoms with Gasteiger partial charge in [0, 0.05) is 30.2 Å². The SMILES string of the molecule is CCn1c(S[C@H](C)C(=O)Nc2ccccc2)nnc1-c1ccncc1. The van der Waals surface area contributed by atoms with Crippen molar-refractivity contribution in [1.82, 2.24) is 19.7 Å². The molecule has 0 aliphatic carbocycles. The first-order chi connectivity index (χ1) is 12.2. The van der Waals surface area contributed by atoms with Crippen LogP contribution in [-0.2, 0) is 11.3 Å². The fourth-order valence-corrected chi connectivity index (χ4v) is 3.27. The number of pyridine rings is 1. The summed E-state index contributed by atoms with van der Waals surface area (Å²) in [4.78, 5) is 16.4. The highest BCUT2D eigenvalue weighted by molar-refractivity contribution is 8.00. The Morgan fingerprint density at radius 3 is 2.56 bits per heavy atom. The number of nitrogens with zero attached hydrogens (tertiary/aromatic N) is 4. The third kappa shape index (κ3) is 4.06. The van der Waals surface area contributed by atoms with Crippen molar-refractivity contribution in [2.45, 2.75) is 30.8 Å². The second kappa shape index (κ2) is 7.94. The Balaban J connectivity index is 1.74. The molecule has 7 heteroatoms. The van der Waals surface area contributed by atoms with Gasteiger partial charge in [-0.3, -0.25) is 9.78 Å². The average molecular weight is 353 g/mol. The lowest BCUT2D eigenvalue weighted by molar-refractivity contribution is -0.115. The number of rotatable bonds is 6. The normalized spacial score (nSPS) is 11.9. The van der Waals surface area contributed by atoms with Crippen LogP contribution in [0.15, 0.2) is 60.0 Å². The predicted molar refractivity (Wildman–Crippen MR) is 99.3 cm³/mol. The molecule has 2 aromatic heterocycles. The number of anilines is 1. The molecule has 3 rings (SSSR count). The molecule has 0 spiro atoms. The Bertz CT molecular complexity index is 835. The summed E-state index contributed by atoms with van der Waals surface area (Å²) in [6.45, 7) is 4.62. The first-order valence-corrected chi connectivity index (χ1v) is 8.93. The van der Waals surface area contributed by atoms with E-state index in [2.05, 4.69) is 20.5 Å². The summed E-state index contributed by atoms with van der Waals surface area (Å²) in [6.07, 6.45) is 3.46. The Hall–Kier alpha value is -2.67. The number of nitrogens with one attached hydrogen (secondary N) is 1. The monoisotopic (exact) mass is 353 g/mol. The summed E-state index contributed by atoms with van der Waals surface area (Å²) in [7, 11) is 0. The molecule has 1 aromatic carbocycles. The van der Waals surface area contributed by atoms with Crippen molar-refractivity contribution in [1.29, 1.82) is 0 Å². The maximum absolute atomic E-state index is 12.4. The molecule has 128 valence electrons. The third-order valence-electron chi connectivity index (χ3n) is 3.66. The van der Waals surface area contributed by atoms with Crippen LogP contribution in [0.2, 0.25) is 0 Å². The van der Waals surface area contributed by atoms with Crippen molar-refractivity contribution in [3.63, 3.8) is 0 Å². The molecular formula is C18H19N5OS. The van der Waals surface area contributed by atoms with E-state index >= 15 is 0 Å². The predicted octanol–water partition coefficient (Wildman–Crippen LogP) is 3.48. The molecule has 1 amide bonds. The number of aromatic nitrogens is 4. The summed E-state index contributed by atoms with van der Waals surface area (Å²) < 4.78 is 2.01. The quantitative estimate of drug-likeness (QED) is 0.687. The van der Waals surface area contributed by atoms with Crippen LogP contribution in [0.25, 0.3) is 11.4 Å². The molecule has 0 aliphatic rings. The maximum Gasteiger partial charge on any atom is 0.237 e. The van der Waals surface area contributed by atoms with Gasteiger partial charge in [0.1, 0.15) is 0 Å². The molecule has 0 aliphatic heterocycles. The van der Waals surface area contributed by atoms with Crippen LogP contribution in [0.1, 0.15) is 13.8 Å². The molecule has 0 fully saturated rings. The minimum absolute atomic E-state index is 0.0627. The number of benzene rings is 1. The van der Waals surface area contributed by atoms with Gasteiger partial charge in [-0.1, -0.05) is 30.0 Å². The van der Waals surface area contributed by atoms with Gasteiger partial charge in [-0.05, 0) is 38.1 Å². The van der Waals surface area contributed by atoms with Gasteiger partial charge in [-0.25, -0.2) is 0 Å². The van der Waals surface area contributed by atoms with Crippen molar-refractivity contribution in [2.24, 2.45) is 0 Å². The van der Waals surface area contributed by atoms with Crippen LogP contribution in [0.3, 0.4) is 0 Å². The highest BCUT2D eigenvalue weighted by Gasteiger charge is 2.20. The van der Waals surface area contributed by atoms with Gasteiger partial charge in [-0.15, -0.1) is 10.2 Å². The molecule has 0 unspecified atom stereocenters. The summed E-state index contributed by atoms with van der Waals surface area (Å²) in [6, 6.07) is 13.2. The standard InChI is InChI=1S/C18H19N5OS/c1-3-23-16(14-9-11-19-12-10-14)21-22-18(23)25-13(2)17(24)20-15-7-5-4-6-8-15/h4-13H,3H2,1-2H3,(H,20,24)/t13-/m1/s1. The summed E-state index contributed by atoms with van der Waals surface area (Å²) in [5.41, 5.74) is 1.74. The number of carbonyl (C=O) groups is 1. The lowest BCUT2D eigenvalue weighted by Crippen LogP contribution is -2.22. The maximum atomic E-state index is 12.4. The largest absolute Gasteiger partial charge is 0.325 e. The van der Waals surface area contributed by atoms with Gasteiger partial charge in [-0.2, -0.15) is 0 Å². The molecular weight excluding hydrogens is 334 g/mol. The van der Waals surface area contributed by atoms with Crippen LogP contribution in [-0.4, -0.2) is 30.9 Å². The minimum atomic E-state index is -0.292. The average Bonchev–Trinajstić information content (AvgIpc) is 3.05. The number of carbonyl (C=O) groups excluding carboxylic acids is 1. The van der Waals surface area contributed by atoms with Gasteiger partial charge in [0.2, 0.25) is 5.91 Å². The van der Waals surface area contributed by atoms with E-state index in [1.807, 2.05) is 60.9 Å². The zero-order chi connectivity index (χ0) is 17.6. The molecule has 6 nitrogen and oxygen atoms in total. The first kappa shape index (κ1) is 17.2. The molecule has 0 bridgehead atoms. The Labute approximate surface area is 150 Å². The van der Waals surface area contributed by atoms with Crippen molar-refractivity contribution < 1.29 is 4.79 Å². The highest BCUT2D eigenvalue weighted by Crippen LogP contribution is 2.27. The summed E-state index contributed by atoms with van der Waals surface area (Å²) >= 11 is 1.40. The van der Waals surface area contributed by atoms with Crippen LogP contribution < -0.4 is 5.32 Å². The van der Waals surface area contributed by atoms with Gasteiger partial charge in [0.05, 0.1) is 5.25 Å². The van der Waals surface area contributed by atoms with E-state index in [1.165, 1.54) is 11.8 Å². The topological polar surface area (TPSA) is 72.7 Å². The van der Waals surface area contributed by atoms with Crippen LogP contribution in [0.5, 0.6) is 0 Å². The van der Waals surface area contributed by atoms with Crippen molar-refractivity contribution in [2.75, 3.05) is 5.32 Å². The van der Waals surface area contributed by atoms with E-state index in [0.29, 0.717) is 0 Å². The molecule has 1 N–H and O–H groups in total. The van der Waals surface area contributed by atoms with Crippen LogP contribution in [0.4, 0.5) is 5.69 Å². The molecule has 0 saturated heterocycles. The molecule has 1 atom stereocenters. The van der Waals surface area contributed by atoms with Gasteiger partial charge in [0.25, 0.3) is 0 Å². The van der Waals surface area contributed by atoms with Crippen molar-refractivity contribution >= 4 is 23.4 Å². The highest BCUT2D eigenvalue weighted by atomic mass is 32.2. The van der Waals surface area contributed by atoms with Crippen LogP contribution in [0, 0.1) is 0 Å². The lowest BCUT2D eigenvalue weighted by Gasteiger charge is -2.12. The number of hydrogen-bond acceptors (Lipinski definition) is 5. The fourth-order valence-electron chi connectivity index (χ4n) is 2.35. The second-order valence-electron chi connectivity index (χ2n) is 5.40. The van der Waals surface area contributed by atoms with Crippen molar-refractivity contribution in [3.05, 3.63) is 54.9 Å². The third-order valence-corrected chi connectivity index (χ3v) is 4.74. The zero-order valence-electron chi connectivity index (χ0n) is 14.1. The Morgan fingerprint density at radius 2 is 1.88 bits per heavy atom. The van der Waals surface area contributed by atoms with Crippen LogP contribution >= 0.6 is 11.8 Å². The fraction of sp³-hybridized carbons (Fsp3) is 0.222. The van der Waals surface area contributed by atoms with E-state index in [9.17, 15) is 4.79 Å². The van der Waals surface area contributed by atoms with E-state index in [1.54, 1.807) is 12.4 Å². The van der Waals surface area contributed by atoms with Gasteiger partial charge in [0.15, 0.2) is 11.0 Å². The Morgan fingerprint density at radius 1 is 1.16 bits per heavy atom.